The van der Waals surface area contributed by atoms with Gasteiger partial charge in [0.2, 0.25) is 0 Å². The third-order valence-electron chi connectivity index (χ3n) is 3.84. The fraction of sp³-hybridized carbons (Fsp3) is 0.412. The van der Waals surface area contributed by atoms with Crippen LogP contribution in [0.15, 0.2) is 51.7 Å². The maximum Gasteiger partial charge on any atom is 0.0934 e. The smallest absolute Gasteiger partial charge is 0.0934 e. The average molecular weight is 334 g/mol. The lowest BCUT2D eigenvalue weighted by atomic mass is 9.93. The molecule has 1 aliphatic carbocycles. The van der Waals surface area contributed by atoms with Crippen LogP contribution in [-0.4, -0.2) is 12.6 Å². The van der Waals surface area contributed by atoms with Crippen LogP contribution in [0.1, 0.15) is 24.0 Å². The van der Waals surface area contributed by atoms with Gasteiger partial charge >= 0.3 is 0 Å². The molecule has 0 saturated heterocycles. The SMILES string of the molecule is Brc1ccccc1CC(CNC1CC1)Cc1ccoc1. The Balaban J connectivity index is 1.65. The van der Waals surface area contributed by atoms with Gasteiger partial charge < -0.3 is 9.73 Å². The molecule has 1 aliphatic rings. The van der Waals surface area contributed by atoms with Crippen LogP contribution in [0.5, 0.6) is 0 Å². The fourth-order valence-electron chi connectivity index (χ4n) is 2.55. The highest BCUT2D eigenvalue weighted by molar-refractivity contribution is 9.10. The molecule has 2 nitrogen and oxygen atoms in total. The molecule has 0 aliphatic heterocycles. The maximum atomic E-state index is 5.20. The predicted molar refractivity (Wildman–Crippen MR) is 84.8 cm³/mol. The van der Waals surface area contributed by atoms with E-state index >= 15 is 0 Å². The molecule has 106 valence electrons. The number of benzene rings is 1. The van der Waals surface area contributed by atoms with Gasteiger partial charge in [-0.15, -0.1) is 0 Å². The first-order chi connectivity index (χ1) is 9.81. The van der Waals surface area contributed by atoms with Gasteiger partial charge in [0, 0.05) is 10.5 Å². The summed E-state index contributed by atoms with van der Waals surface area (Å²) in [4.78, 5) is 0. The van der Waals surface area contributed by atoms with Crippen LogP contribution in [0.2, 0.25) is 0 Å². The van der Waals surface area contributed by atoms with E-state index in [1.807, 2.05) is 6.26 Å². The van der Waals surface area contributed by atoms with E-state index in [2.05, 4.69) is 51.6 Å². The van der Waals surface area contributed by atoms with E-state index in [4.69, 9.17) is 4.42 Å². The Hall–Kier alpha value is -1.06. The summed E-state index contributed by atoms with van der Waals surface area (Å²) >= 11 is 3.66. The molecular weight excluding hydrogens is 314 g/mol. The number of nitrogens with one attached hydrogen (secondary N) is 1. The van der Waals surface area contributed by atoms with E-state index in [-0.39, 0.29) is 0 Å². The molecule has 0 radical (unpaired) electrons. The van der Waals surface area contributed by atoms with E-state index in [0.717, 1.165) is 25.4 Å². The molecular formula is C17H20BrNO. The zero-order chi connectivity index (χ0) is 13.8. The van der Waals surface area contributed by atoms with Crippen molar-refractivity contribution < 1.29 is 4.42 Å². The van der Waals surface area contributed by atoms with Crippen molar-refractivity contribution in [1.29, 1.82) is 0 Å². The maximum absolute atomic E-state index is 5.20. The van der Waals surface area contributed by atoms with Crippen LogP contribution in [0.4, 0.5) is 0 Å². The van der Waals surface area contributed by atoms with Crippen molar-refractivity contribution in [3.8, 4) is 0 Å². The summed E-state index contributed by atoms with van der Waals surface area (Å²) in [6, 6.07) is 11.4. The zero-order valence-electron chi connectivity index (χ0n) is 11.5. The third kappa shape index (κ3) is 3.97. The Bertz CT molecular complexity index is 534. The molecule has 1 saturated carbocycles. The van der Waals surface area contributed by atoms with Crippen molar-refractivity contribution in [2.75, 3.05) is 6.54 Å². The van der Waals surface area contributed by atoms with E-state index in [9.17, 15) is 0 Å². The highest BCUT2D eigenvalue weighted by Crippen LogP contribution is 2.23. The van der Waals surface area contributed by atoms with Gasteiger partial charge in [0.15, 0.2) is 0 Å². The zero-order valence-corrected chi connectivity index (χ0v) is 13.1. The normalized spacial score (nSPS) is 16.2. The summed E-state index contributed by atoms with van der Waals surface area (Å²) in [6.07, 6.45) is 8.47. The molecule has 1 unspecified atom stereocenters. The number of hydrogen-bond acceptors (Lipinski definition) is 2. The highest BCUT2D eigenvalue weighted by Gasteiger charge is 2.22. The topological polar surface area (TPSA) is 25.2 Å². The minimum atomic E-state index is 0.604. The fourth-order valence-corrected chi connectivity index (χ4v) is 3.00. The second-order valence-corrected chi connectivity index (χ2v) is 6.53. The first-order valence-corrected chi connectivity index (χ1v) is 8.08. The van der Waals surface area contributed by atoms with Gasteiger partial charge in [-0.25, -0.2) is 0 Å². The van der Waals surface area contributed by atoms with Crippen molar-refractivity contribution in [2.45, 2.75) is 31.7 Å². The Morgan fingerprint density at radius 1 is 1.20 bits per heavy atom. The predicted octanol–water partition coefficient (Wildman–Crippen LogP) is 4.20. The molecule has 1 aromatic carbocycles. The lowest BCUT2D eigenvalue weighted by molar-refractivity contribution is 0.465. The number of halogens is 1. The standard InChI is InChI=1S/C17H20BrNO/c18-17-4-2-1-3-15(17)10-14(11-19-16-5-6-16)9-13-7-8-20-12-13/h1-4,7-8,12,14,16,19H,5-6,9-11H2. The molecule has 0 amide bonds. The van der Waals surface area contributed by atoms with Crippen molar-refractivity contribution in [2.24, 2.45) is 5.92 Å². The van der Waals surface area contributed by atoms with Crippen molar-refractivity contribution in [3.05, 3.63) is 58.5 Å². The van der Waals surface area contributed by atoms with Gasteiger partial charge in [-0.05, 0) is 61.4 Å². The summed E-state index contributed by atoms with van der Waals surface area (Å²) in [6.45, 7) is 1.08. The highest BCUT2D eigenvalue weighted by atomic mass is 79.9. The van der Waals surface area contributed by atoms with Crippen LogP contribution < -0.4 is 5.32 Å². The second-order valence-electron chi connectivity index (χ2n) is 5.68. The van der Waals surface area contributed by atoms with Gasteiger partial charge in [0.05, 0.1) is 12.5 Å². The number of furan rings is 1. The molecule has 1 heterocycles. The van der Waals surface area contributed by atoms with Crippen molar-refractivity contribution in [3.63, 3.8) is 0 Å². The third-order valence-corrected chi connectivity index (χ3v) is 4.62. The summed E-state index contributed by atoms with van der Waals surface area (Å²) in [5, 5.41) is 3.66. The largest absolute Gasteiger partial charge is 0.472 e. The van der Waals surface area contributed by atoms with Gasteiger partial charge in [-0.1, -0.05) is 34.1 Å². The van der Waals surface area contributed by atoms with Crippen LogP contribution in [0, 0.1) is 5.92 Å². The van der Waals surface area contributed by atoms with Gasteiger partial charge in [0.1, 0.15) is 0 Å². The molecule has 1 atom stereocenters. The minimum absolute atomic E-state index is 0.604. The summed E-state index contributed by atoms with van der Waals surface area (Å²) in [7, 11) is 0. The van der Waals surface area contributed by atoms with E-state index in [1.165, 1.54) is 28.4 Å². The van der Waals surface area contributed by atoms with E-state index < -0.39 is 0 Å². The molecule has 1 fully saturated rings. The van der Waals surface area contributed by atoms with Gasteiger partial charge in [-0.2, -0.15) is 0 Å². The minimum Gasteiger partial charge on any atom is -0.472 e. The first-order valence-electron chi connectivity index (χ1n) is 7.29. The quantitative estimate of drug-likeness (QED) is 0.821. The van der Waals surface area contributed by atoms with Crippen LogP contribution in [0.3, 0.4) is 0 Å². The van der Waals surface area contributed by atoms with E-state index in [0.29, 0.717) is 5.92 Å². The molecule has 0 bridgehead atoms. The first kappa shape index (κ1) is 13.9. The number of hydrogen-bond donors (Lipinski definition) is 1. The van der Waals surface area contributed by atoms with E-state index in [1.54, 1.807) is 6.26 Å². The van der Waals surface area contributed by atoms with Crippen LogP contribution in [0.25, 0.3) is 0 Å². The van der Waals surface area contributed by atoms with Gasteiger partial charge in [0.25, 0.3) is 0 Å². The second kappa shape index (κ2) is 6.59. The Morgan fingerprint density at radius 2 is 2.05 bits per heavy atom. The monoisotopic (exact) mass is 333 g/mol. The molecule has 1 N–H and O–H groups in total. The van der Waals surface area contributed by atoms with Crippen LogP contribution >= 0.6 is 15.9 Å². The average Bonchev–Trinajstić information content (AvgIpc) is 3.15. The van der Waals surface area contributed by atoms with Crippen molar-refractivity contribution in [1.82, 2.24) is 5.32 Å². The molecule has 1 aromatic heterocycles. The Labute approximate surface area is 128 Å². The Morgan fingerprint density at radius 3 is 2.75 bits per heavy atom. The molecule has 3 heteroatoms. The lowest BCUT2D eigenvalue weighted by Crippen LogP contribution is -2.27. The molecule has 2 aromatic rings. The lowest BCUT2D eigenvalue weighted by Gasteiger charge is -2.18. The Kier molecular flexibility index (Phi) is 4.58. The van der Waals surface area contributed by atoms with Gasteiger partial charge in [-0.3, -0.25) is 0 Å². The summed E-state index contributed by atoms with van der Waals surface area (Å²) < 4.78 is 6.41. The molecule has 20 heavy (non-hydrogen) atoms. The summed E-state index contributed by atoms with van der Waals surface area (Å²) in [5.74, 6) is 0.604. The molecule has 3 rings (SSSR count). The van der Waals surface area contributed by atoms with Crippen molar-refractivity contribution >= 4 is 15.9 Å². The molecule has 0 spiro atoms. The van der Waals surface area contributed by atoms with Crippen LogP contribution in [-0.2, 0) is 12.8 Å². The number of rotatable bonds is 7. The summed E-state index contributed by atoms with van der Waals surface area (Å²) in [5.41, 5.74) is 2.68.